The van der Waals surface area contributed by atoms with Gasteiger partial charge in [-0.3, -0.25) is 0 Å². The Hall–Kier alpha value is -2.30. The normalized spacial score (nSPS) is 12.6. The Balaban J connectivity index is 1.62. The Morgan fingerprint density at radius 3 is 2.64 bits per heavy atom. The largest absolute Gasteiger partial charge is 0.491 e. The lowest BCUT2D eigenvalue weighted by Gasteiger charge is -2.14. The Bertz CT molecular complexity index is 795. The molecule has 1 atom stereocenters. The summed E-state index contributed by atoms with van der Waals surface area (Å²) in [6, 6.07) is 18.4. The minimum atomic E-state index is -0.539. The average molecular weight is 339 g/mol. The van der Waals surface area contributed by atoms with Crippen molar-refractivity contribution in [2.75, 3.05) is 13.2 Å². The van der Waals surface area contributed by atoms with Gasteiger partial charge < -0.3 is 19.6 Å². The molecule has 3 rings (SSSR count). The summed E-state index contributed by atoms with van der Waals surface area (Å²) in [5.74, 6) is 1.64. The summed E-state index contributed by atoms with van der Waals surface area (Å²) in [7, 11) is 0. The maximum absolute atomic E-state index is 9.93. The van der Waals surface area contributed by atoms with Crippen LogP contribution >= 0.6 is 0 Å². The summed E-state index contributed by atoms with van der Waals surface area (Å²) in [6.45, 7) is 4.86. The molecule has 1 unspecified atom stereocenters. The van der Waals surface area contributed by atoms with Crippen molar-refractivity contribution in [3.63, 3.8) is 0 Å². The fraction of sp³-hybridized carbons (Fsp3) is 0.333. The molecule has 0 aliphatic carbocycles. The van der Waals surface area contributed by atoms with Gasteiger partial charge in [0, 0.05) is 30.5 Å². The molecule has 1 heterocycles. The van der Waals surface area contributed by atoms with E-state index in [9.17, 15) is 5.11 Å². The lowest BCUT2D eigenvalue weighted by atomic mass is 10.1. The van der Waals surface area contributed by atoms with E-state index in [1.165, 1.54) is 5.56 Å². The molecule has 2 N–H and O–H groups in total. The number of ether oxygens (including phenoxy) is 1. The maximum atomic E-state index is 9.93. The van der Waals surface area contributed by atoms with E-state index in [1.807, 2.05) is 50.2 Å². The summed E-state index contributed by atoms with van der Waals surface area (Å²) in [6.07, 6.45) is 0.231. The minimum absolute atomic E-state index is 0.253. The highest BCUT2D eigenvalue weighted by molar-refractivity contribution is 5.79. The predicted octanol–water partition coefficient (Wildman–Crippen LogP) is 3.76. The average Bonchev–Trinajstić information content (AvgIpc) is 3.00. The van der Waals surface area contributed by atoms with E-state index in [0.717, 1.165) is 23.2 Å². The first-order valence-electron chi connectivity index (χ1n) is 8.71. The first-order chi connectivity index (χ1) is 12.1. The third-order valence-electron chi connectivity index (χ3n) is 3.97. The number of aliphatic hydroxyl groups is 1. The van der Waals surface area contributed by atoms with Gasteiger partial charge in [-0.1, -0.05) is 44.2 Å². The van der Waals surface area contributed by atoms with E-state index >= 15 is 0 Å². The van der Waals surface area contributed by atoms with E-state index < -0.39 is 6.10 Å². The van der Waals surface area contributed by atoms with E-state index in [1.54, 1.807) is 0 Å². The molecule has 2 aromatic carbocycles. The fourth-order valence-electron chi connectivity index (χ4n) is 2.66. The summed E-state index contributed by atoms with van der Waals surface area (Å²) in [5, 5.41) is 14.2. The second kappa shape index (κ2) is 8.19. The minimum Gasteiger partial charge on any atom is -0.491 e. The van der Waals surface area contributed by atoms with Gasteiger partial charge in [0.05, 0.1) is 0 Å². The molecule has 0 bridgehead atoms. The summed E-state index contributed by atoms with van der Waals surface area (Å²) in [4.78, 5) is 0. The number of rotatable bonds is 8. The highest BCUT2D eigenvalue weighted by Gasteiger charge is 2.09. The van der Waals surface area contributed by atoms with E-state index in [2.05, 4.69) is 23.5 Å². The van der Waals surface area contributed by atoms with Gasteiger partial charge >= 0.3 is 0 Å². The van der Waals surface area contributed by atoms with Crippen LogP contribution < -0.4 is 10.1 Å². The fourth-order valence-corrected chi connectivity index (χ4v) is 2.66. The molecule has 25 heavy (non-hydrogen) atoms. The highest BCUT2D eigenvalue weighted by Crippen LogP contribution is 2.25. The SMILES string of the molecule is CC(C)NCC(O)COc1ccc2cc(Cc3ccccc3)oc2c1. The zero-order valence-corrected chi connectivity index (χ0v) is 14.7. The summed E-state index contributed by atoms with van der Waals surface area (Å²) < 4.78 is 11.6. The quantitative estimate of drug-likeness (QED) is 0.656. The molecule has 132 valence electrons. The molecule has 0 saturated heterocycles. The van der Waals surface area contributed by atoms with Crippen molar-refractivity contribution in [1.82, 2.24) is 5.32 Å². The lowest BCUT2D eigenvalue weighted by Crippen LogP contribution is -2.35. The predicted molar refractivity (Wildman–Crippen MR) is 100 cm³/mol. The topological polar surface area (TPSA) is 54.6 Å². The number of hydrogen-bond donors (Lipinski definition) is 2. The first kappa shape index (κ1) is 17.5. The van der Waals surface area contributed by atoms with Crippen LogP contribution in [0.3, 0.4) is 0 Å². The van der Waals surface area contributed by atoms with Gasteiger partial charge in [0.1, 0.15) is 29.8 Å². The Morgan fingerprint density at radius 2 is 1.88 bits per heavy atom. The number of nitrogens with one attached hydrogen (secondary N) is 1. The number of benzene rings is 2. The molecule has 0 radical (unpaired) electrons. The molecule has 4 nitrogen and oxygen atoms in total. The number of fused-ring (bicyclic) bond motifs is 1. The molecule has 0 aliphatic heterocycles. The summed E-state index contributed by atoms with van der Waals surface area (Å²) in [5.41, 5.74) is 2.03. The molecule has 0 spiro atoms. The molecule has 4 heteroatoms. The van der Waals surface area contributed by atoms with Crippen molar-refractivity contribution in [2.24, 2.45) is 0 Å². The van der Waals surface area contributed by atoms with Gasteiger partial charge in [0.25, 0.3) is 0 Å². The Kier molecular flexibility index (Phi) is 5.74. The third-order valence-corrected chi connectivity index (χ3v) is 3.97. The van der Waals surface area contributed by atoms with Crippen LogP contribution in [0.5, 0.6) is 5.75 Å². The van der Waals surface area contributed by atoms with Crippen LogP contribution in [0.25, 0.3) is 11.0 Å². The van der Waals surface area contributed by atoms with Gasteiger partial charge in [-0.05, 0) is 23.8 Å². The van der Waals surface area contributed by atoms with Crippen LogP contribution in [-0.4, -0.2) is 30.4 Å². The van der Waals surface area contributed by atoms with E-state index in [4.69, 9.17) is 9.15 Å². The van der Waals surface area contributed by atoms with Crippen molar-refractivity contribution in [2.45, 2.75) is 32.4 Å². The van der Waals surface area contributed by atoms with Gasteiger partial charge in [-0.25, -0.2) is 0 Å². The Labute approximate surface area is 148 Å². The van der Waals surface area contributed by atoms with Crippen LogP contribution in [0.2, 0.25) is 0 Å². The molecular formula is C21H25NO3. The zero-order chi connectivity index (χ0) is 17.6. The van der Waals surface area contributed by atoms with Crippen molar-refractivity contribution in [3.05, 3.63) is 65.9 Å². The maximum Gasteiger partial charge on any atom is 0.137 e. The monoisotopic (exact) mass is 339 g/mol. The molecule has 1 aromatic heterocycles. The third kappa shape index (κ3) is 5.08. The van der Waals surface area contributed by atoms with Crippen LogP contribution in [0, 0.1) is 0 Å². The van der Waals surface area contributed by atoms with Gasteiger partial charge in [-0.15, -0.1) is 0 Å². The molecule has 3 aromatic rings. The van der Waals surface area contributed by atoms with Crippen molar-refractivity contribution in [3.8, 4) is 5.75 Å². The number of aliphatic hydroxyl groups excluding tert-OH is 1. The lowest BCUT2D eigenvalue weighted by molar-refractivity contribution is 0.104. The van der Waals surface area contributed by atoms with E-state index in [-0.39, 0.29) is 6.61 Å². The highest BCUT2D eigenvalue weighted by atomic mass is 16.5. The van der Waals surface area contributed by atoms with Crippen molar-refractivity contribution in [1.29, 1.82) is 0 Å². The molecule has 0 amide bonds. The van der Waals surface area contributed by atoms with Crippen molar-refractivity contribution < 1.29 is 14.3 Å². The van der Waals surface area contributed by atoms with Crippen LogP contribution in [-0.2, 0) is 6.42 Å². The molecule has 0 fully saturated rings. The molecular weight excluding hydrogens is 314 g/mol. The van der Waals surface area contributed by atoms with E-state index in [0.29, 0.717) is 18.3 Å². The standard InChI is InChI=1S/C21H25NO3/c1-15(2)22-13-18(23)14-24-19-9-8-17-11-20(25-21(17)12-19)10-16-6-4-3-5-7-16/h3-9,11-12,15,18,22-23H,10,13-14H2,1-2H3. The van der Waals surface area contributed by atoms with Crippen LogP contribution in [0.1, 0.15) is 25.2 Å². The number of furan rings is 1. The summed E-state index contributed by atoms with van der Waals surface area (Å²) >= 11 is 0. The second-order valence-electron chi connectivity index (χ2n) is 6.60. The van der Waals surface area contributed by atoms with Crippen molar-refractivity contribution >= 4 is 11.0 Å². The van der Waals surface area contributed by atoms with Gasteiger partial charge in [-0.2, -0.15) is 0 Å². The smallest absolute Gasteiger partial charge is 0.137 e. The van der Waals surface area contributed by atoms with Gasteiger partial charge in [0.2, 0.25) is 0 Å². The first-order valence-corrected chi connectivity index (χ1v) is 8.71. The van der Waals surface area contributed by atoms with Gasteiger partial charge in [0.15, 0.2) is 0 Å². The molecule has 0 saturated carbocycles. The second-order valence-corrected chi connectivity index (χ2v) is 6.60. The molecule has 0 aliphatic rings. The van der Waals surface area contributed by atoms with Crippen LogP contribution in [0.4, 0.5) is 0 Å². The Morgan fingerprint density at radius 1 is 1.08 bits per heavy atom. The van der Waals surface area contributed by atoms with Crippen LogP contribution in [0.15, 0.2) is 59.0 Å². The zero-order valence-electron chi connectivity index (χ0n) is 14.7. The number of hydrogen-bond acceptors (Lipinski definition) is 4.